The molecule has 1 unspecified atom stereocenters. The quantitative estimate of drug-likeness (QED) is 0.840. The number of nitrogens with zero attached hydrogens (tertiary/aromatic N) is 1. The number of halogens is 1. The van der Waals surface area contributed by atoms with Gasteiger partial charge in [-0.1, -0.05) is 23.7 Å². The minimum Gasteiger partial charge on any atom is -0.496 e. The molecule has 1 N–H and O–H groups in total. The first-order valence-corrected chi connectivity index (χ1v) is 6.93. The number of methoxy groups -OCH3 is 1. The Morgan fingerprint density at radius 1 is 1.20 bits per heavy atom. The van der Waals surface area contributed by atoms with Crippen LogP contribution in [0.25, 0.3) is 0 Å². The SMILES string of the molecule is COc1cc(C)ccc1C(C)Nc1ccc(Cl)nc1C. The van der Waals surface area contributed by atoms with E-state index in [-0.39, 0.29) is 6.04 Å². The van der Waals surface area contributed by atoms with Gasteiger partial charge in [0, 0.05) is 5.56 Å². The molecule has 0 saturated heterocycles. The monoisotopic (exact) mass is 290 g/mol. The smallest absolute Gasteiger partial charge is 0.129 e. The summed E-state index contributed by atoms with van der Waals surface area (Å²) in [5, 5.41) is 3.95. The highest BCUT2D eigenvalue weighted by molar-refractivity contribution is 6.29. The molecular formula is C16H19ClN2O. The lowest BCUT2D eigenvalue weighted by molar-refractivity contribution is 0.407. The molecule has 106 valence electrons. The average Bonchev–Trinajstić information content (AvgIpc) is 2.41. The number of ether oxygens (including phenoxy) is 1. The van der Waals surface area contributed by atoms with E-state index in [9.17, 15) is 0 Å². The third-order valence-electron chi connectivity index (χ3n) is 3.28. The van der Waals surface area contributed by atoms with Gasteiger partial charge in [0.2, 0.25) is 0 Å². The molecule has 20 heavy (non-hydrogen) atoms. The molecule has 1 aromatic heterocycles. The molecular weight excluding hydrogens is 272 g/mol. The summed E-state index contributed by atoms with van der Waals surface area (Å²) in [7, 11) is 1.69. The van der Waals surface area contributed by atoms with Crippen LogP contribution in [0.1, 0.15) is 29.8 Å². The lowest BCUT2D eigenvalue weighted by Gasteiger charge is -2.19. The van der Waals surface area contributed by atoms with Crippen LogP contribution in [0.15, 0.2) is 30.3 Å². The van der Waals surface area contributed by atoms with Crippen LogP contribution in [0.5, 0.6) is 5.75 Å². The van der Waals surface area contributed by atoms with Gasteiger partial charge in [0.25, 0.3) is 0 Å². The summed E-state index contributed by atoms with van der Waals surface area (Å²) >= 11 is 5.88. The second kappa shape index (κ2) is 6.14. The fourth-order valence-electron chi connectivity index (χ4n) is 2.17. The van der Waals surface area contributed by atoms with E-state index in [1.807, 2.05) is 19.1 Å². The molecule has 2 aromatic rings. The zero-order chi connectivity index (χ0) is 14.7. The second-order valence-electron chi connectivity index (χ2n) is 4.88. The highest BCUT2D eigenvalue weighted by atomic mass is 35.5. The maximum absolute atomic E-state index is 5.88. The molecule has 0 aliphatic rings. The number of nitrogens with one attached hydrogen (secondary N) is 1. The summed E-state index contributed by atoms with van der Waals surface area (Å²) in [5.74, 6) is 0.893. The lowest BCUT2D eigenvalue weighted by Crippen LogP contribution is -2.09. The lowest BCUT2D eigenvalue weighted by atomic mass is 10.0. The summed E-state index contributed by atoms with van der Waals surface area (Å²) in [6, 6.07) is 10.1. The molecule has 0 spiro atoms. The predicted octanol–water partition coefficient (Wildman–Crippen LogP) is 4.53. The molecule has 0 radical (unpaired) electrons. The van der Waals surface area contributed by atoms with E-state index < -0.39 is 0 Å². The molecule has 2 rings (SSSR count). The third-order valence-corrected chi connectivity index (χ3v) is 3.49. The van der Waals surface area contributed by atoms with Crippen molar-refractivity contribution in [3.05, 3.63) is 52.3 Å². The Kier molecular flexibility index (Phi) is 4.50. The van der Waals surface area contributed by atoms with Gasteiger partial charge >= 0.3 is 0 Å². The molecule has 1 aromatic carbocycles. The van der Waals surface area contributed by atoms with Crippen LogP contribution in [-0.4, -0.2) is 12.1 Å². The predicted molar refractivity (Wildman–Crippen MR) is 83.8 cm³/mol. The van der Waals surface area contributed by atoms with Gasteiger partial charge in [-0.25, -0.2) is 4.98 Å². The molecule has 0 aliphatic carbocycles. The summed E-state index contributed by atoms with van der Waals surface area (Å²) in [5.41, 5.74) is 4.16. The Balaban J connectivity index is 2.25. The van der Waals surface area contributed by atoms with Crippen molar-refractivity contribution < 1.29 is 4.74 Å². The van der Waals surface area contributed by atoms with Crippen LogP contribution >= 0.6 is 11.6 Å². The summed E-state index contributed by atoms with van der Waals surface area (Å²) in [6.45, 7) is 6.09. The first-order valence-electron chi connectivity index (χ1n) is 6.55. The van der Waals surface area contributed by atoms with E-state index in [2.05, 4.69) is 36.3 Å². The summed E-state index contributed by atoms with van der Waals surface area (Å²) < 4.78 is 5.46. The highest BCUT2D eigenvalue weighted by Crippen LogP contribution is 2.29. The van der Waals surface area contributed by atoms with Crippen molar-refractivity contribution in [2.45, 2.75) is 26.8 Å². The van der Waals surface area contributed by atoms with E-state index in [0.717, 1.165) is 22.7 Å². The maximum atomic E-state index is 5.88. The summed E-state index contributed by atoms with van der Waals surface area (Å²) in [6.07, 6.45) is 0. The zero-order valence-electron chi connectivity index (χ0n) is 12.2. The van der Waals surface area contributed by atoms with Crippen molar-refractivity contribution in [2.75, 3.05) is 12.4 Å². The van der Waals surface area contributed by atoms with Crippen LogP contribution in [0.2, 0.25) is 5.15 Å². The van der Waals surface area contributed by atoms with Gasteiger partial charge in [0.05, 0.1) is 24.5 Å². The molecule has 1 heterocycles. The first-order chi connectivity index (χ1) is 9.51. The Labute approximate surface area is 124 Å². The average molecular weight is 291 g/mol. The second-order valence-corrected chi connectivity index (χ2v) is 5.27. The normalized spacial score (nSPS) is 12.1. The maximum Gasteiger partial charge on any atom is 0.129 e. The fourth-order valence-corrected chi connectivity index (χ4v) is 2.36. The summed E-state index contributed by atoms with van der Waals surface area (Å²) in [4.78, 5) is 4.25. The zero-order valence-corrected chi connectivity index (χ0v) is 13.0. The molecule has 0 fully saturated rings. The Morgan fingerprint density at radius 3 is 2.60 bits per heavy atom. The first kappa shape index (κ1) is 14.7. The van der Waals surface area contributed by atoms with Crippen LogP contribution in [0.3, 0.4) is 0 Å². The van der Waals surface area contributed by atoms with Crippen molar-refractivity contribution >= 4 is 17.3 Å². The van der Waals surface area contributed by atoms with Crippen LogP contribution < -0.4 is 10.1 Å². The van der Waals surface area contributed by atoms with Crippen molar-refractivity contribution in [1.82, 2.24) is 4.98 Å². The minimum absolute atomic E-state index is 0.118. The van der Waals surface area contributed by atoms with Gasteiger partial charge in [-0.15, -0.1) is 0 Å². The fraction of sp³-hybridized carbons (Fsp3) is 0.312. The largest absolute Gasteiger partial charge is 0.496 e. The Hall–Kier alpha value is -1.74. The number of aromatic nitrogens is 1. The molecule has 0 amide bonds. The van der Waals surface area contributed by atoms with Crippen molar-refractivity contribution in [2.24, 2.45) is 0 Å². The number of rotatable bonds is 4. The number of hydrogen-bond donors (Lipinski definition) is 1. The minimum atomic E-state index is 0.118. The van der Waals surface area contributed by atoms with E-state index in [1.54, 1.807) is 13.2 Å². The van der Waals surface area contributed by atoms with Gasteiger partial charge in [0.15, 0.2) is 0 Å². The third kappa shape index (κ3) is 3.23. The number of anilines is 1. The van der Waals surface area contributed by atoms with Crippen molar-refractivity contribution in [3.8, 4) is 5.75 Å². The Morgan fingerprint density at radius 2 is 1.95 bits per heavy atom. The highest BCUT2D eigenvalue weighted by Gasteiger charge is 2.12. The van der Waals surface area contributed by atoms with E-state index >= 15 is 0 Å². The number of hydrogen-bond acceptors (Lipinski definition) is 3. The number of aryl methyl sites for hydroxylation is 2. The van der Waals surface area contributed by atoms with E-state index in [0.29, 0.717) is 5.15 Å². The van der Waals surface area contributed by atoms with Gasteiger partial charge in [-0.2, -0.15) is 0 Å². The molecule has 0 aliphatic heterocycles. The number of pyridine rings is 1. The van der Waals surface area contributed by atoms with Crippen LogP contribution in [0, 0.1) is 13.8 Å². The molecule has 0 saturated carbocycles. The topological polar surface area (TPSA) is 34.1 Å². The Bertz CT molecular complexity index is 613. The molecule has 0 bridgehead atoms. The van der Waals surface area contributed by atoms with Gasteiger partial charge < -0.3 is 10.1 Å². The van der Waals surface area contributed by atoms with Gasteiger partial charge in [0.1, 0.15) is 10.9 Å². The molecule has 1 atom stereocenters. The van der Waals surface area contributed by atoms with Crippen molar-refractivity contribution in [1.29, 1.82) is 0 Å². The van der Waals surface area contributed by atoms with E-state index in [1.165, 1.54) is 5.56 Å². The van der Waals surface area contributed by atoms with E-state index in [4.69, 9.17) is 16.3 Å². The number of benzene rings is 1. The van der Waals surface area contributed by atoms with Gasteiger partial charge in [-0.3, -0.25) is 0 Å². The molecule has 3 nitrogen and oxygen atoms in total. The standard InChI is InChI=1S/C16H19ClN2O/c1-10-5-6-13(15(9-10)20-4)11(2)18-14-7-8-16(17)19-12(14)3/h5-9,11,18H,1-4H3. The van der Waals surface area contributed by atoms with Gasteiger partial charge in [-0.05, 0) is 44.5 Å². The van der Waals surface area contributed by atoms with Crippen molar-refractivity contribution in [3.63, 3.8) is 0 Å². The molecule has 4 heteroatoms. The van der Waals surface area contributed by atoms with Crippen LogP contribution in [-0.2, 0) is 0 Å². The van der Waals surface area contributed by atoms with Crippen LogP contribution in [0.4, 0.5) is 5.69 Å².